The quantitative estimate of drug-likeness (QED) is 0.936. The van der Waals surface area contributed by atoms with Crippen molar-refractivity contribution in [3.05, 3.63) is 51.9 Å². The molecule has 120 valence electrons. The van der Waals surface area contributed by atoms with E-state index in [1.165, 1.54) is 4.68 Å². The zero-order chi connectivity index (χ0) is 16.4. The lowest BCUT2D eigenvalue weighted by Crippen LogP contribution is -2.33. The molecular formula is C17H19N3O3. The Morgan fingerprint density at radius 3 is 2.96 bits per heavy atom. The first-order valence-corrected chi connectivity index (χ1v) is 7.65. The Morgan fingerprint density at radius 1 is 1.35 bits per heavy atom. The monoisotopic (exact) mass is 313 g/mol. The molecule has 0 aliphatic heterocycles. The normalized spacial score (nSPS) is 14.2. The van der Waals surface area contributed by atoms with Crippen molar-refractivity contribution in [2.75, 3.05) is 12.4 Å². The summed E-state index contributed by atoms with van der Waals surface area (Å²) in [5.74, 6) is 0.370. The van der Waals surface area contributed by atoms with Gasteiger partial charge in [-0.1, -0.05) is 6.07 Å². The highest BCUT2D eigenvalue weighted by molar-refractivity contribution is 5.93. The maximum Gasteiger partial charge on any atom is 0.267 e. The van der Waals surface area contributed by atoms with Gasteiger partial charge >= 0.3 is 0 Å². The minimum atomic E-state index is -0.681. The topological polar surface area (TPSA) is 73.2 Å². The highest BCUT2D eigenvalue weighted by Gasteiger charge is 2.21. The Bertz CT molecular complexity index is 798. The van der Waals surface area contributed by atoms with Gasteiger partial charge in [0.1, 0.15) is 11.8 Å². The number of hydrogen-bond acceptors (Lipinski definition) is 4. The summed E-state index contributed by atoms with van der Waals surface area (Å²) < 4.78 is 6.40. The molecule has 0 radical (unpaired) electrons. The van der Waals surface area contributed by atoms with Gasteiger partial charge < -0.3 is 10.1 Å². The number of amides is 1. The van der Waals surface area contributed by atoms with E-state index in [0.29, 0.717) is 11.4 Å². The van der Waals surface area contributed by atoms with E-state index in [9.17, 15) is 9.59 Å². The molecule has 1 atom stereocenters. The number of rotatable bonds is 4. The van der Waals surface area contributed by atoms with E-state index in [1.54, 1.807) is 44.4 Å². The molecule has 6 nitrogen and oxygen atoms in total. The third kappa shape index (κ3) is 3.11. The molecule has 1 aliphatic rings. The Hall–Kier alpha value is -2.63. The SMILES string of the molecule is COc1cccc(NC(=O)C(C)n2nc3c(cc2=O)CCC3)c1. The van der Waals surface area contributed by atoms with Gasteiger partial charge in [0.15, 0.2) is 0 Å². The van der Waals surface area contributed by atoms with Gasteiger partial charge in [0.25, 0.3) is 5.56 Å². The van der Waals surface area contributed by atoms with Crippen molar-refractivity contribution in [1.29, 1.82) is 0 Å². The van der Waals surface area contributed by atoms with E-state index in [0.717, 1.165) is 30.5 Å². The first kappa shape index (κ1) is 15.3. The first-order valence-electron chi connectivity index (χ1n) is 7.65. The van der Waals surface area contributed by atoms with Crippen LogP contribution in [0.1, 0.15) is 30.6 Å². The Labute approximate surface area is 134 Å². The maximum absolute atomic E-state index is 12.4. The highest BCUT2D eigenvalue weighted by Crippen LogP contribution is 2.20. The van der Waals surface area contributed by atoms with Crippen molar-refractivity contribution in [1.82, 2.24) is 9.78 Å². The molecule has 1 aromatic carbocycles. The number of ether oxygens (including phenoxy) is 1. The van der Waals surface area contributed by atoms with Gasteiger partial charge in [0.05, 0.1) is 12.8 Å². The van der Waals surface area contributed by atoms with Gasteiger partial charge in [0, 0.05) is 17.8 Å². The summed E-state index contributed by atoms with van der Waals surface area (Å²) in [6.45, 7) is 1.67. The number of fused-ring (bicyclic) bond motifs is 1. The zero-order valence-electron chi connectivity index (χ0n) is 13.2. The highest BCUT2D eigenvalue weighted by atomic mass is 16.5. The number of aromatic nitrogens is 2. The number of carbonyl (C=O) groups excluding carboxylic acids is 1. The molecule has 1 unspecified atom stereocenters. The first-order chi connectivity index (χ1) is 11.1. The smallest absolute Gasteiger partial charge is 0.267 e. The molecular weight excluding hydrogens is 294 g/mol. The molecule has 1 N–H and O–H groups in total. The predicted molar refractivity (Wildman–Crippen MR) is 86.9 cm³/mol. The van der Waals surface area contributed by atoms with Crippen LogP contribution < -0.4 is 15.6 Å². The molecule has 1 heterocycles. The average molecular weight is 313 g/mol. The van der Waals surface area contributed by atoms with Gasteiger partial charge in [-0.3, -0.25) is 9.59 Å². The zero-order valence-corrected chi connectivity index (χ0v) is 13.2. The van der Waals surface area contributed by atoms with Gasteiger partial charge in [-0.2, -0.15) is 5.10 Å². The Morgan fingerprint density at radius 2 is 2.17 bits per heavy atom. The number of methoxy groups -OCH3 is 1. The molecule has 1 amide bonds. The van der Waals surface area contributed by atoms with Crippen molar-refractivity contribution in [2.24, 2.45) is 0 Å². The van der Waals surface area contributed by atoms with E-state index in [4.69, 9.17) is 4.74 Å². The van der Waals surface area contributed by atoms with E-state index < -0.39 is 6.04 Å². The Balaban J connectivity index is 1.81. The van der Waals surface area contributed by atoms with Crippen LogP contribution in [0.25, 0.3) is 0 Å². The van der Waals surface area contributed by atoms with Crippen LogP contribution in [-0.2, 0) is 17.6 Å². The molecule has 23 heavy (non-hydrogen) atoms. The minimum Gasteiger partial charge on any atom is -0.497 e. The summed E-state index contributed by atoms with van der Waals surface area (Å²) in [7, 11) is 1.57. The number of aryl methyl sites for hydroxylation is 2. The molecule has 0 spiro atoms. The largest absolute Gasteiger partial charge is 0.497 e. The second-order valence-electron chi connectivity index (χ2n) is 5.65. The van der Waals surface area contributed by atoms with Crippen LogP contribution in [0.4, 0.5) is 5.69 Å². The van der Waals surface area contributed by atoms with Gasteiger partial charge in [-0.05, 0) is 43.9 Å². The number of nitrogens with zero attached hydrogens (tertiary/aromatic N) is 2. The van der Waals surface area contributed by atoms with Crippen molar-refractivity contribution < 1.29 is 9.53 Å². The van der Waals surface area contributed by atoms with Crippen molar-refractivity contribution >= 4 is 11.6 Å². The molecule has 0 bridgehead atoms. The number of benzene rings is 1. The third-order valence-corrected chi connectivity index (χ3v) is 4.07. The van der Waals surface area contributed by atoms with E-state index in [1.807, 2.05) is 0 Å². The molecule has 2 aromatic rings. The summed E-state index contributed by atoms with van der Waals surface area (Å²) in [6.07, 6.45) is 2.76. The number of nitrogens with one attached hydrogen (secondary N) is 1. The predicted octanol–water partition coefficient (Wildman–Crippen LogP) is 1.94. The van der Waals surface area contributed by atoms with Gasteiger partial charge in [-0.15, -0.1) is 0 Å². The lowest BCUT2D eigenvalue weighted by Gasteiger charge is -2.15. The maximum atomic E-state index is 12.4. The summed E-state index contributed by atoms with van der Waals surface area (Å²) >= 11 is 0. The van der Waals surface area contributed by atoms with Crippen LogP contribution in [0.2, 0.25) is 0 Å². The van der Waals surface area contributed by atoms with Crippen LogP contribution in [-0.4, -0.2) is 22.8 Å². The molecule has 1 aromatic heterocycles. The molecule has 0 fully saturated rings. The second kappa shape index (κ2) is 6.24. The number of carbonyl (C=O) groups is 1. The standard InChI is InChI=1S/C17H19N3O3/c1-11(17(22)18-13-6-4-7-14(10-13)23-2)20-16(21)9-12-5-3-8-15(12)19-20/h4,6-7,9-11H,3,5,8H2,1-2H3,(H,18,22). The molecule has 3 rings (SSSR count). The van der Waals surface area contributed by atoms with Crippen LogP contribution in [0.3, 0.4) is 0 Å². The lowest BCUT2D eigenvalue weighted by atomic mass is 10.2. The Kier molecular flexibility index (Phi) is 4.14. The molecule has 0 saturated heterocycles. The average Bonchev–Trinajstić information content (AvgIpc) is 3.00. The summed E-state index contributed by atoms with van der Waals surface area (Å²) in [5.41, 5.74) is 2.31. The molecule has 6 heteroatoms. The second-order valence-corrected chi connectivity index (χ2v) is 5.65. The van der Waals surface area contributed by atoms with Crippen molar-refractivity contribution in [3.63, 3.8) is 0 Å². The number of anilines is 1. The molecule has 0 saturated carbocycles. The van der Waals surface area contributed by atoms with Gasteiger partial charge in [0.2, 0.25) is 5.91 Å². The third-order valence-electron chi connectivity index (χ3n) is 4.07. The summed E-state index contributed by atoms with van der Waals surface area (Å²) in [6, 6.07) is 8.00. The number of hydrogen-bond donors (Lipinski definition) is 1. The van der Waals surface area contributed by atoms with E-state index >= 15 is 0 Å². The van der Waals surface area contributed by atoms with Crippen LogP contribution in [0, 0.1) is 0 Å². The molecule has 1 aliphatic carbocycles. The van der Waals surface area contributed by atoms with Gasteiger partial charge in [-0.25, -0.2) is 4.68 Å². The fourth-order valence-electron chi connectivity index (χ4n) is 2.75. The van der Waals surface area contributed by atoms with Crippen LogP contribution >= 0.6 is 0 Å². The fourth-order valence-corrected chi connectivity index (χ4v) is 2.75. The fraction of sp³-hybridized carbons (Fsp3) is 0.353. The van der Waals surface area contributed by atoms with E-state index in [-0.39, 0.29) is 11.5 Å². The van der Waals surface area contributed by atoms with E-state index in [2.05, 4.69) is 10.4 Å². The van der Waals surface area contributed by atoms with Crippen LogP contribution in [0.15, 0.2) is 35.1 Å². The van der Waals surface area contributed by atoms with Crippen LogP contribution in [0.5, 0.6) is 5.75 Å². The van der Waals surface area contributed by atoms with Crippen molar-refractivity contribution in [3.8, 4) is 5.75 Å². The lowest BCUT2D eigenvalue weighted by molar-refractivity contribution is -0.119. The minimum absolute atomic E-state index is 0.237. The summed E-state index contributed by atoms with van der Waals surface area (Å²) in [5, 5.41) is 7.16. The van der Waals surface area contributed by atoms with Crippen molar-refractivity contribution in [2.45, 2.75) is 32.2 Å². The summed E-state index contributed by atoms with van der Waals surface area (Å²) in [4.78, 5) is 24.6.